The number of benzene rings is 1. The Labute approximate surface area is 115 Å². The highest BCUT2D eigenvalue weighted by molar-refractivity contribution is 9.10. The molecule has 1 aromatic carbocycles. The molecule has 1 aliphatic rings. The lowest BCUT2D eigenvalue weighted by Crippen LogP contribution is -2.50. The van der Waals surface area contributed by atoms with E-state index in [-0.39, 0.29) is 12.1 Å². The summed E-state index contributed by atoms with van der Waals surface area (Å²) in [6.07, 6.45) is 0.906. The molecular weight excluding hydrogens is 296 g/mol. The molecule has 1 fully saturated rings. The molecule has 0 aliphatic carbocycles. The van der Waals surface area contributed by atoms with Gasteiger partial charge in [-0.15, -0.1) is 0 Å². The van der Waals surface area contributed by atoms with E-state index in [1.807, 2.05) is 29.2 Å². The number of urea groups is 1. The molecule has 0 bridgehead atoms. The molecular formula is C13H17BrN2O2. The average molecular weight is 313 g/mol. The fraction of sp³-hybridized carbons (Fsp3) is 0.462. The lowest BCUT2D eigenvalue weighted by Gasteiger charge is -2.35. The number of carbonyl (C=O) groups excluding carboxylic acids is 1. The van der Waals surface area contributed by atoms with Crippen LogP contribution in [0.5, 0.6) is 0 Å². The number of hydrogen-bond donors (Lipinski definition) is 1. The summed E-state index contributed by atoms with van der Waals surface area (Å²) in [5, 5.41) is 2.93. The zero-order chi connectivity index (χ0) is 13.0. The lowest BCUT2D eigenvalue weighted by atomic mass is 10.2. The molecule has 1 N–H and O–H groups in total. The second-order valence-corrected chi connectivity index (χ2v) is 5.09. The SMILES string of the molecule is CC[C@@H]1COCCN1C(=O)Nc1ccccc1Br. The first-order valence-electron chi connectivity index (χ1n) is 6.12. The minimum Gasteiger partial charge on any atom is -0.377 e. The van der Waals surface area contributed by atoms with Gasteiger partial charge in [0.15, 0.2) is 0 Å². The molecule has 0 spiro atoms. The highest BCUT2D eigenvalue weighted by atomic mass is 79.9. The van der Waals surface area contributed by atoms with Gasteiger partial charge in [0.25, 0.3) is 0 Å². The Morgan fingerprint density at radius 2 is 2.33 bits per heavy atom. The maximum atomic E-state index is 12.2. The van der Waals surface area contributed by atoms with Crippen LogP contribution in [0.4, 0.5) is 10.5 Å². The molecule has 1 heterocycles. The van der Waals surface area contributed by atoms with Gasteiger partial charge in [-0.2, -0.15) is 0 Å². The number of morpholine rings is 1. The van der Waals surface area contributed by atoms with Crippen molar-refractivity contribution in [2.75, 3.05) is 25.1 Å². The van der Waals surface area contributed by atoms with E-state index in [9.17, 15) is 4.79 Å². The van der Waals surface area contributed by atoms with Crippen molar-refractivity contribution < 1.29 is 9.53 Å². The average Bonchev–Trinajstić information content (AvgIpc) is 2.41. The lowest BCUT2D eigenvalue weighted by molar-refractivity contribution is 0.0144. The number of nitrogens with one attached hydrogen (secondary N) is 1. The van der Waals surface area contributed by atoms with E-state index in [1.54, 1.807) is 0 Å². The van der Waals surface area contributed by atoms with E-state index in [0.29, 0.717) is 19.8 Å². The van der Waals surface area contributed by atoms with E-state index < -0.39 is 0 Å². The van der Waals surface area contributed by atoms with Gasteiger partial charge >= 0.3 is 6.03 Å². The summed E-state index contributed by atoms with van der Waals surface area (Å²) in [6, 6.07) is 7.72. The number of anilines is 1. The predicted octanol–water partition coefficient (Wildman–Crippen LogP) is 3.09. The minimum absolute atomic E-state index is 0.0583. The van der Waals surface area contributed by atoms with Crippen molar-refractivity contribution in [1.29, 1.82) is 0 Å². The molecule has 0 saturated carbocycles. The van der Waals surface area contributed by atoms with Crippen molar-refractivity contribution in [1.82, 2.24) is 4.90 Å². The number of ether oxygens (including phenoxy) is 1. The number of rotatable bonds is 2. The maximum absolute atomic E-state index is 12.2. The van der Waals surface area contributed by atoms with Crippen LogP contribution in [-0.2, 0) is 4.74 Å². The number of nitrogens with zero attached hydrogens (tertiary/aromatic N) is 1. The van der Waals surface area contributed by atoms with Gasteiger partial charge in [0.05, 0.1) is 24.9 Å². The molecule has 2 rings (SSSR count). The first-order valence-corrected chi connectivity index (χ1v) is 6.91. The molecule has 1 aromatic rings. The first-order chi connectivity index (χ1) is 8.72. The van der Waals surface area contributed by atoms with Crippen LogP contribution in [0.25, 0.3) is 0 Å². The minimum atomic E-state index is -0.0583. The Morgan fingerprint density at radius 3 is 3.06 bits per heavy atom. The zero-order valence-corrected chi connectivity index (χ0v) is 11.9. The number of hydrogen-bond acceptors (Lipinski definition) is 2. The van der Waals surface area contributed by atoms with Crippen molar-refractivity contribution in [3.63, 3.8) is 0 Å². The molecule has 5 heteroatoms. The van der Waals surface area contributed by atoms with Crippen molar-refractivity contribution in [3.8, 4) is 0 Å². The van der Waals surface area contributed by atoms with Crippen LogP contribution in [0.2, 0.25) is 0 Å². The first kappa shape index (κ1) is 13.4. The fourth-order valence-corrected chi connectivity index (χ4v) is 2.39. The number of halogens is 1. The third kappa shape index (κ3) is 3.03. The molecule has 0 radical (unpaired) electrons. The van der Waals surface area contributed by atoms with Gasteiger partial charge in [-0.05, 0) is 34.5 Å². The van der Waals surface area contributed by atoms with Gasteiger partial charge in [0.2, 0.25) is 0 Å². The molecule has 1 atom stereocenters. The van der Waals surface area contributed by atoms with Gasteiger partial charge in [-0.1, -0.05) is 19.1 Å². The van der Waals surface area contributed by atoms with Gasteiger partial charge in [0, 0.05) is 11.0 Å². The summed E-state index contributed by atoms with van der Waals surface area (Å²) in [7, 11) is 0. The van der Waals surface area contributed by atoms with Gasteiger partial charge in [-0.25, -0.2) is 4.79 Å². The molecule has 98 valence electrons. The Kier molecular flexibility index (Phi) is 4.60. The molecule has 2 amide bonds. The van der Waals surface area contributed by atoms with E-state index in [4.69, 9.17) is 4.74 Å². The van der Waals surface area contributed by atoms with Crippen molar-refractivity contribution in [3.05, 3.63) is 28.7 Å². The third-order valence-electron chi connectivity index (χ3n) is 3.08. The second-order valence-electron chi connectivity index (χ2n) is 4.24. The number of para-hydroxylation sites is 1. The summed E-state index contributed by atoms with van der Waals surface area (Å²) < 4.78 is 6.28. The van der Waals surface area contributed by atoms with Gasteiger partial charge < -0.3 is 15.0 Å². The van der Waals surface area contributed by atoms with Crippen LogP contribution in [-0.4, -0.2) is 36.7 Å². The second kappa shape index (κ2) is 6.20. The van der Waals surface area contributed by atoms with Gasteiger partial charge in [0.1, 0.15) is 0 Å². The monoisotopic (exact) mass is 312 g/mol. The summed E-state index contributed by atoms with van der Waals surface area (Å²) in [4.78, 5) is 14.1. The molecule has 1 saturated heterocycles. The molecule has 18 heavy (non-hydrogen) atoms. The Morgan fingerprint density at radius 1 is 1.56 bits per heavy atom. The summed E-state index contributed by atoms with van der Waals surface area (Å²) in [5.74, 6) is 0. The van der Waals surface area contributed by atoms with Crippen LogP contribution in [0.1, 0.15) is 13.3 Å². The normalized spacial score (nSPS) is 19.7. The van der Waals surface area contributed by atoms with Crippen LogP contribution < -0.4 is 5.32 Å². The largest absolute Gasteiger partial charge is 0.377 e. The van der Waals surface area contributed by atoms with E-state index in [1.165, 1.54) is 0 Å². The summed E-state index contributed by atoms with van der Waals surface area (Å²) in [6.45, 7) is 3.95. The zero-order valence-electron chi connectivity index (χ0n) is 10.4. The molecule has 0 aromatic heterocycles. The van der Waals surface area contributed by atoms with Crippen LogP contribution >= 0.6 is 15.9 Å². The Balaban J connectivity index is 2.05. The van der Waals surface area contributed by atoms with Crippen LogP contribution in [0, 0.1) is 0 Å². The maximum Gasteiger partial charge on any atom is 0.322 e. The summed E-state index contributed by atoms with van der Waals surface area (Å²) >= 11 is 3.42. The highest BCUT2D eigenvalue weighted by Gasteiger charge is 2.26. The van der Waals surface area contributed by atoms with Crippen molar-refractivity contribution in [2.45, 2.75) is 19.4 Å². The van der Waals surface area contributed by atoms with Crippen molar-refractivity contribution >= 4 is 27.6 Å². The fourth-order valence-electron chi connectivity index (χ4n) is 2.01. The molecule has 4 nitrogen and oxygen atoms in total. The predicted molar refractivity (Wildman–Crippen MR) is 74.8 cm³/mol. The quantitative estimate of drug-likeness (QED) is 0.911. The molecule has 0 unspecified atom stereocenters. The molecule has 1 aliphatic heterocycles. The Bertz CT molecular complexity index is 425. The summed E-state index contributed by atoms with van der Waals surface area (Å²) in [5.41, 5.74) is 0.795. The number of carbonyl (C=O) groups is 1. The third-order valence-corrected chi connectivity index (χ3v) is 3.77. The standard InChI is InChI=1S/C13H17BrN2O2/c1-2-10-9-18-8-7-16(10)13(17)15-12-6-4-3-5-11(12)14/h3-6,10H,2,7-9H2,1H3,(H,15,17)/t10-/m1/s1. The Hall–Kier alpha value is -1.07. The van der Waals surface area contributed by atoms with Gasteiger partial charge in [-0.3, -0.25) is 0 Å². The van der Waals surface area contributed by atoms with Crippen molar-refractivity contribution in [2.24, 2.45) is 0 Å². The topological polar surface area (TPSA) is 41.6 Å². The van der Waals surface area contributed by atoms with Crippen LogP contribution in [0.3, 0.4) is 0 Å². The smallest absolute Gasteiger partial charge is 0.322 e. The number of amides is 2. The van der Waals surface area contributed by atoms with E-state index >= 15 is 0 Å². The highest BCUT2D eigenvalue weighted by Crippen LogP contribution is 2.22. The van der Waals surface area contributed by atoms with E-state index in [2.05, 4.69) is 28.2 Å². The van der Waals surface area contributed by atoms with E-state index in [0.717, 1.165) is 16.6 Å². The van der Waals surface area contributed by atoms with Crippen LogP contribution in [0.15, 0.2) is 28.7 Å².